The lowest BCUT2D eigenvalue weighted by Crippen LogP contribution is -2.32. The van der Waals surface area contributed by atoms with Crippen LogP contribution in [0.5, 0.6) is 0 Å². The molecule has 0 bridgehead atoms. The first-order valence-electron chi connectivity index (χ1n) is 6.70. The topological polar surface area (TPSA) is 65.3 Å². The van der Waals surface area contributed by atoms with Crippen molar-refractivity contribution in [2.45, 2.75) is 26.8 Å². The monoisotopic (exact) mass is 269 g/mol. The van der Waals surface area contributed by atoms with Crippen LogP contribution in [0.2, 0.25) is 0 Å². The van der Waals surface area contributed by atoms with Gasteiger partial charge in [-0.05, 0) is 16.8 Å². The summed E-state index contributed by atoms with van der Waals surface area (Å²) in [7, 11) is 1.72. The summed E-state index contributed by atoms with van der Waals surface area (Å²) >= 11 is 0. The number of hydrogen-bond acceptors (Lipinski definition) is 6. The summed E-state index contributed by atoms with van der Waals surface area (Å²) in [6, 6.07) is 0. The van der Waals surface area contributed by atoms with E-state index in [0.29, 0.717) is 6.61 Å². The zero-order chi connectivity index (χ0) is 13.7. The van der Waals surface area contributed by atoms with Crippen molar-refractivity contribution in [1.82, 2.24) is 20.2 Å². The fraction of sp³-hybridized carbons (Fsp3) is 0.917. The highest BCUT2D eigenvalue weighted by molar-refractivity contribution is 5.28. The van der Waals surface area contributed by atoms with Gasteiger partial charge >= 0.3 is 0 Å². The first-order chi connectivity index (χ1) is 9.12. The number of hydrogen-bond donors (Lipinski definition) is 0. The van der Waals surface area contributed by atoms with Crippen molar-refractivity contribution in [2.75, 3.05) is 44.9 Å². The molecule has 108 valence electrons. The number of methoxy groups -OCH3 is 1. The van der Waals surface area contributed by atoms with Gasteiger partial charge in [-0.2, -0.15) is 0 Å². The van der Waals surface area contributed by atoms with Crippen LogP contribution in [0.4, 0.5) is 5.95 Å². The summed E-state index contributed by atoms with van der Waals surface area (Å²) < 4.78 is 12.6. The lowest BCUT2D eigenvalue weighted by molar-refractivity contribution is 0.0889. The number of rotatable bonds is 5. The van der Waals surface area contributed by atoms with Crippen LogP contribution in [0.25, 0.3) is 0 Å². The minimum atomic E-state index is 0.00122. The zero-order valence-electron chi connectivity index (χ0n) is 12.0. The molecule has 1 saturated heterocycles. The van der Waals surface area contributed by atoms with E-state index in [1.165, 1.54) is 0 Å². The number of anilines is 1. The second-order valence-electron chi connectivity index (χ2n) is 5.69. The van der Waals surface area contributed by atoms with E-state index in [2.05, 4.69) is 34.3 Å². The third kappa shape index (κ3) is 3.87. The summed E-state index contributed by atoms with van der Waals surface area (Å²) in [5, 5.41) is 12.1. The number of tetrazole rings is 1. The van der Waals surface area contributed by atoms with Gasteiger partial charge in [0.2, 0.25) is 5.95 Å². The van der Waals surface area contributed by atoms with Crippen molar-refractivity contribution >= 4 is 5.95 Å². The Morgan fingerprint density at radius 1 is 1.32 bits per heavy atom. The first-order valence-corrected chi connectivity index (χ1v) is 6.70. The normalized spacial score (nSPS) is 17.5. The molecular weight excluding hydrogens is 246 g/mol. The molecule has 1 aliphatic heterocycles. The molecule has 0 saturated carbocycles. The molecule has 7 heteroatoms. The van der Waals surface area contributed by atoms with E-state index < -0.39 is 0 Å². The maximum atomic E-state index is 5.46. The average molecular weight is 269 g/mol. The SMILES string of the molecule is COCC(C)(C)Cn1nnnc1N1CCCOCC1. The summed E-state index contributed by atoms with van der Waals surface area (Å²) in [6.45, 7) is 9.02. The van der Waals surface area contributed by atoms with Crippen LogP contribution in [0.3, 0.4) is 0 Å². The molecule has 0 radical (unpaired) electrons. The third-order valence-corrected chi connectivity index (χ3v) is 3.13. The van der Waals surface area contributed by atoms with Gasteiger partial charge in [-0.1, -0.05) is 18.9 Å². The molecule has 1 aromatic rings. The predicted octanol–water partition coefficient (Wildman–Crippen LogP) is 0.572. The smallest absolute Gasteiger partial charge is 0.245 e. The van der Waals surface area contributed by atoms with Crippen LogP contribution in [0.1, 0.15) is 20.3 Å². The minimum absolute atomic E-state index is 0.00122. The van der Waals surface area contributed by atoms with Gasteiger partial charge in [-0.3, -0.25) is 0 Å². The molecular formula is C12H23N5O2. The Hall–Kier alpha value is -1.21. The lowest BCUT2D eigenvalue weighted by atomic mass is 9.95. The van der Waals surface area contributed by atoms with Crippen LogP contribution >= 0.6 is 0 Å². The standard InChI is InChI=1S/C12H23N5O2/c1-12(2,10-18-3)9-17-11(13-14-15-17)16-5-4-7-19-8-6-16/h4-10H2,1-3H3. The van der Waals surface area contributed by atoms with Crippen LogP contribution in [-0.4, -0.2) is 60.2 Å². The Morgan fingerprint density at radius 2 is 2.16 bits per heavy atom. The molecule has 1 aliphatic rings. The molecule has 0 N–H and O–H groups in total. The van der Waals surface area contributed by atoms with E-state index in [1.807, 2.05) is 4.68 Å². The highest BCUT2D eigenvalue weighted by Crippen LogP contribution is 2.21. The zero-order valence-corrected chi connectivity index (χ0v) is 12.0. The molecule has 19 heavy (non-hydrogen) atoms. The Morgan fingerprint density at radius 3 is 2.95 bits per heavy atom. The van der Waals surface area contributed by atoms with Crippen LogP contribution in [0.15, 0.2) is 0 Å². The molecule has 0 aliphatic carbocycles. The molecule has 0 amide bonds. The van der Waals surface area contributed by atoms with Gasteiger partial charge in [0.15, 0.2) is 0 Å². The fourth-order valence-electron chi connectivity index (χ4n) is 2.32. The summed E-state index contributed by atoms with van der Waals surface area (Å²) in [6.07, 6.45) is 1.01. The van der Waals surface area contributed by atoms with E-state index in [-0.39, 0.29) is 5.41 Å². The van der Waals surface area contributed by atoms with Crippen LogP contribution in [0, 0.1) is 5.41 Å². The second kappa shape index (κ2) is 6.29. The van der Waals surface area contributed by atoms with Gasteiger partial charge < -0.3 is 14.4 Å². The molecule has 1 fully saturated rings. The Bertz CT molecular complexity index is 385. The summed E-state index contributed by atoms with van der Waals surface area (Å²) in [5.41, 5.74) is 0.00122. The van der Waals surface area contributed by atoms with E-state index in [9.17, 15) is 0 Å². The second-order valence-corrected chi connectivity index (χ2v) is 5.69. The molecule has 2 rings (SSSR count). The van der Waals surface area contributed by atoms with E-state index in [0.717, 1.165) is 45.2 Å². The number of ether oxygens (including phenoxy) is 2. The molecule has 0 unspecified atom stereocenters. The molecule has 0 atom stereocenters. The van der Waals surface area contributed by atoms with Gasteiger partial charge in [0.1, 0.15) is 0 Å². The van der Waals surface area contributed by atoms with Gasteiger partial charge in [-0.25, -0.2) is 4.68 Å². The molecule has 2 heterocycles. The number of aromatic nitrogens is 4. The molecule has 7 nitrogen and oxygen atoms in total. The van der Waals surface area contributed by atoms with Crippen molar-refractivity contribution in [1.29, 1.82) is 0 Å². The quantitative estimate of drug-likeness (QED) is 0.778. The van der Waals surface area contributed by atoms with Gasteiger partial charge in [0, 0.05) is 32.2 Å². The van der Waals surface area contributed by atoms with Crippen molar-refractivity contribution in [3.8, 4) is 0 Å². The third-order valence-electron chi connectivity index (χ3n) is 3.13. The Kier molecular flexibility index (Phi) is 4.71. The Balaban J connectivity index is 2.08. The van der Waals surface area contributed by atoms with Crippen molar-refractivity contribution in [3.05, 3.63) is 0 Å². The van der Waals surface area contributed by atoms with Crippen LogP contribution < -0.4 is 4.90 Å². The van der Waals surface area contributed by atoms with Gasteiger partial charge in [-0.15, -0.1) is 0 Å². The van der Waals surface area contributed by atoms with Gasteiger partial charge in [0.25, 0.3) is 0 Å². The van der Waals surface area contributed by atoms with Crippen molar-refractivity contribution in [3.63, 3.8) is 0 Å². The predicted molar refractivity (Wildman–Crippen MR) is 71.1 cm³/mol. The highest BCUT2D eigenvalue weighted by Gasteiger charge is 2.24. The minimum Gasteiger partial charge on any atom is -0.384 e. The van der Waals surface area contributed by atoms with E-state index >= 15 is 0 Å². The van der Waals surface area contributed by atoms with Crippen LogP contribution in [-0.2, 0) is 16.0 Å². The molecule has 1 aromatic heterocycles. The summed E-state index contributed by atoms with van der Waals surface area (Å²) in [4.78, 5) is 2.19. The van der Waals surface area contributed by atoms with E-state index in [1.54, 1.807) is 7.11 Å². The fourth-order valence-corrected chi connectivity index (χ4v) is 2.32. The average Bonchev–Trinajstić information content (AvgIpc) is 2.63. The van der Waals surface area contributed by atoms with Gasteiger partial charge in [0.05, 0.1) is 19.8 Å². The summed E-state index contributed by atoms with van der Waals surface area (Å²) in [5.74, 6) is 0.828. The first kappa shape index (κ1) is 14.2. The maximum Gasteiger partial charge on any atom is 0.245 e. The lowest BCUT2D eigenvalue weighted by Gasteiger charge is -2.26. The molecule has 0 spiro atoms. The van der Waals surface area contributed by atoms with E-state index in [4.69, 9.17) is 9.47 Å². The maximum absolute atomic E-state index is 5.46. The van der Waals surface area contributed by atoms with Crippen molar-refractivity contribution < 1.29 is 9.47 Å². The largest absolute Gasteiger partial charge is 0.384 e. The highest BCUT2D eigenvalue weighted by atomic mass is 16.5. The van der Waals surface area contributed by atoms with Crippen molar-refractivity contribution in [2.24, 2.45) is 5.41 Å². The molecule has 0 aromatic carbocycles. The number of nitrogens with zero attached hydrogens (tertiary/aromatic N) is 5. The Labute approximate surface area is 113 Å².